The molecule has 0 atom stereocenters. The molecule has 1 heterocycles. The summed E-state index contributed by atoms with van der Waals surface area (Å²) in [5, 5.41) is 2.79. The lowest BCUT2D eigenvalue weighted by Gasteiger charge is -2.07. The third-order valence-corrected chi connectivity index (χ3v) is 5.27. The normalized spacial score (nSPS) is 12.3. The number of methoxy groups -OCH3 is 1. The fourth-order valence-corrected chi connectivity index (χ4v) is 3.65. The Morgan fingerprint density at radius 1 is 1.15 bits per heavy atom. The van der Waals surface area contributed by atoms with E-state index in [0.717, 1.165) is 11.1 Å². The Morgan fingerprint density at radius 2 is 1.85 bits per heavy atom. The van der Waals surface area contributed by atoms with Crippen LogP contribution < -0.4 is 24.8 Å². The molecule has 0 bridgehead atoms. The first-order valence-electron chi connectivity index (χ1n) is 8.38. The average molecular weight is 380 g/mol. The Bertz CT molecular complexity index is 1160. The molecule has 0 unspecified atom stereocenters. The van der Waals surface area contributed by atoms with E-state index >= 15 is 0 Å². The molecule has 1 amide bonds. The molecule has 0 aliphatic heterocycles. The van der Waals surface area contributed by atoms with Crippen molar-refractivity contribution in [2.24, 2.45) is 7.05 Å². The smallest absolute Gasteiger partial charge is 0.268 e. The van der Waals surface area contributed by atoms with Gasteiger partial charge in [0.15, 0.2) is 0 Å². The lowest BCUT2D eigenvalue weighted by molar-refractivity contribution is -0.110. The predicted molar refractivity (Wildman–Crippen MR) is 110 cm³/mol. The van der Waals surface area contributed by atoms with Gasteiger partial charge in [0.1, 0.15) is 10.4 Å². The van der Waals surface area contributed by atoms with Gasteiger partial charge in [0.05, 0.1) is 17.3 Å². The van der Waals surface area contributed by atoms with Crippen molar-refractivity contribution >= 4 is 35.1 Å². The zero-order chi connectivity index (χ0) is 19.4. The van der Waals surface area contributed by atoms with Crippen molar-refractivity contribution in [1.82, 2.24) is 4.57 Å². The van der Waals surface area contributed by atoms with Crippen LogP contribution in [0.1, 0.15) is 11.1 Å². The second-order valence-electron chi connectivity index (χ2n) is 6.00. The highest BCUT2D eigenvalue weighted by molar-refractivity contribution is 7.07. The number of anilines is 1. The SMILES string of the molecule is COc1ccccc1NC(=O)/C=c1\s/c(=C\c2ccccc2C)c(=O)n1C. The van der Waals surface area contributed by atoms with Gasteiger partial charge in [-0.25, -0.2) is 0 Å². The van der Waals surface area contributed by atoms with E-state index in [0.29, 0.717) is 20.6 Å². The lowest BCUT2D eigenvalue weighted by Crippen LogP contribution is -2.29. The molecular formula is C21H20N2O3S. The number of amides is 1. The van der Waals surface area contributed by atoms with Crippen molar-refractivity contribution in [2.75, 3.05) is 12.4 Å². The van der Waals surface area contributed by atoms with E-state index in [4.69, 9.17) is 4.74 Å². The molecule has 2 aromatic carbocycles. The molecule has 3 rings (SSSR count). The van der Waals surface area contributed by atoms with E-state index in [1.165, 1.54) is 22.0 Å². The molecule has 27 heavy (non-hydrogen) atoms. The topological polar surface area (TPSA) is 60.3 Å². The Labute approximate surface area is 160 Å². The van der Waals surface area contributed by atoms with Gasteiger partial charge in [0.25, 0.3) is 11.5 Å². The number of ether oxygens (including phenoxy) is 1. The molecule has 0 aliphatic carbocycles. The number of aromatic nitrogens is 1. The van der Waals surface area contributed by atoms with E-state index in [1.54, 1.807) is 26.3 Å². The minimum atomic E-state index is -0.321. The fourth-order valence-electron chi connectivity index (χ4n) is 2.63. The highest BCUT2D eigenvalue weighted by Gasteiger charge is 2.07. The molecule has 0 aliphatic rings. The molecule has 6 heteroatoms. The highest BCUT2D eigenvalue weighted by atomic mass is 32.1. The number of aryl methyl sites for hydroxylation is 1. The van der Waals surface area contributed by atoms with E-state index in [-0.39, 0.29) is 11.5 Å². The summed E-state index contributed by atoms with van der Waals surface area (Å²) in [6.07, 6.45) is 3.28. The fraction of sp³-hybridized carbons (Fsp3) is 0.143. The standard InChI is InChI=1S/C21H20N2O3S/c1-14-8-4-5-9-15(14)12-18-21(25)23(2)20(27-18)13-19(24)22-16-10-6-7-11-17(16)26-3/h4-13H,1-3H3,(H,22,24)/b18-12-,20-13-. The van der Waals surface area contributed by atoms with Crippen LogP contribution in [0.3, 0.4) is 0 Å². The first kappa shape index (κ1) is 18.7. The Kier molecular flexibility index (Phi) is 5.57. The Balaban J connectivity index is 1.97. The summed E-state index contributed by atoms with van der Waals surface area (Å²) in [7, 11) is 3.21. The predicted octanol–water partition coefficient (Wildman–Crippen LogP) is 2.01. The van der Waals surface area contributed by atoms with Gasteiger partial charge in [-0.2, -0.15) is 0 Å². The number of nitrogens with zero attached hydrogens (tertiary/aromatic N) is 1. The van der Waals surface area contributed by atoms with E-state index < -0.39 is 0 Å². The number of hydrogen-bond acceptors (Lipinski definition) is 4. The summed E-state index contributed by atoms with van der Waals surface area (Å²) < 4.78 is 7.88. The van der Waals surface area contributed by atoms with Gasteiger partial charge in [-0.15, -0.1) is 11.3 Å². The van der Waals surface area contributed by atoms with Crippen LogP contribution in [-0.2, 0) is 11.8 Å². The van der Waals surface area contributed by atoms with E-state index in [2.05, 4.69) is 5.32 Å². The summed E-state index contributed by atoms with van der Waals surface area (Å²) in [4.78, 5) is 24.9. The second kappa shape index (κ2) is 8.05. The maximum Gasteiger partial charge on any atom is 0.268 e. The number of nitrogens with one attached hydrogen (secondary N) is 1. The molecule has 0 saturated heterocycles. The number of para-hydroxylation sites is 2. The van der Waals surface area contributed by atoms with Crippen molar-refractivity contribution < 1.29 is 9.53 Å². The third kappa shape index (κ3) is 4.17. The van der Waals surface area contributed by atoms with Gasteiger partial charge in [0, 0.05) is 13.1 Å². The van der Waals surface area contributed by atoms with Gasteiger partial charge in [-0.05, 0) is 36.3 Å². The van der Waals surface area contributed by atoms with Crippen molar-refractivity contribution in [2.45, 2.75) is 6.92 Å². The van der Waals surface area contributed by atoms with Crippen molar-refractivity contribution in [3.63, 3.8) is 0 Å². The van der Waals surface area contributed by atoms with Crippen LogP contribution in [0.5, 0.6) is 5.75 Å². The third-order valence-electron chi connectivity index (χ3n) is 4.15. The zero-order valence-corrected chi connectivity index (χ0v) is 16.2. The summed E-state index contributed by atoms with van der Waals surface area (Å²) in [5.41, 5.74) is 2.53. The van der Waals surface area contributed by atoms with Gasteiger partial charge in [0.2, 0.25) is 0 Å². The summed E-state index contributed by atoms with van der Waals surface area (Å²) in [6, 6.07) is 15.0. The maximum atomic E-state index is 12.5. The van der Waals surface area contributed by atoms with Gasteiger partial charge in [-0.1, -0.05) is 36.4 Å². The monoisotopic (exact) mass is 380 g/mol. The van der Waals surface area contributed by atoms with Crippen LogP contribution in [0, 0.1) is 6.92 Å². The Hall–Kier alpha value is -3.12. The highest BCUT2D eigenvalue weighted by Crippen LogP contribution is 2.22. The van der Waals surface area contributed by atoms with E-state index in [9.17, 15) is 9.59 Å². The van der Waals surface area contributed by atoms with Crippen molar-refractivity contribution in [3.05, 3.63) is 79.2 Å². The summed E-state index contributed by atoms with van der Waals surface area (Å²) in [5.74, 6) is 0.256. The number of hydrogen-bond donors (Lipinski definition) is 1. The summed E-state index contributed by atoms with van der Waals surface area (Å²) in [6.45, 7) is 2.00. The number of carbonyl (C=O) groups excluding carboxylic acids is 1. The van der Waals surface area contributed by atoms with Gasteiger partial charge in [-0.3, -0.25) is 9.59 Å². The minimum absolute atomic E-state index is 0.125. The molecule has 1 aromatic heterocycles. The molecule has 5 nitrogen and oxygen atoms in total. The molecule has 3 aromatic rings. The number of benzene rings is 2. The lowest BCUT2D eigenvalue weighted by atomic mass is 10.1. The Morgan fingerprint density at radius 3 is 2.59 bits per heavy atom. The number of carbonyl (C=O) groups is 1. The molecule has 0 saturated carbocycles. The number of thiazole rings is 1. The van der Waals surface area contributed by atoms with Crippen LogP contribution in [-0.4, -0.2) is 17.6 Å². The molecule has 1 N–H and O–H groups in total. The molecular weight excluding hydrogens is 360 g/mol. The first-order chi connectivity index (χ1) is 13.0. The first-order valence-corrected chi connectivity index (χ1v) is 9.20. The summed E-state index contributed by atoms with van der Waals surface area (Å²) >= 11 is 1.29. The van der Waals surface area contributed by atoms with Crippen LogP contribution in [0.25, 0.3) is 12.2 Å². The van der Waals surface area contributed by atoms with Crippen LogP contribution in [0.15, 0.2) is 53.3 Å². The van der Waals surface area contributed by atoms with E-state index in [1.807, 2.05) is 49.4 Å². The van der Waals surface area contributed by atoms with Gasteiger partial charge >= 0.3 is 0 Å². The van der Waals surface area contributed by atoms with Crippen LogP contribution >= 0.6 is 11.3 Å². The number of rotatable bonds is 4. The zero-order valence-electron chi connectivity index (χ0n) is 15.4. The van der Waals surface area contributed by atoms with Crippen LogP contribution in [0.2, 0.25) is 0 Å². The van der Waals surface area contributed by atoms with Gasteiger partial charge < -0.3 is 14.6 Å². The maximum absolute atomic E-state index is 12.5. The largest absolute Gasteiger partial charge is 0.495 e. The second-order valence-corrected chi connectivity index (χ2v) is 7.07. The average Bonchev–Trinajstić information content (AvgIpc) is 2.92. The molecule has 0 spiro atoms. The van der Waals surface area contributed by atoms with Crippen molar-refractivity contribution in [1.29, 1.82) is 0 Å². The molecule has 0 fully saturated rings. The minimum Gasteiger partial charge on any atom is -0.495 e. The van der Waals surface area contributed by atoms with Crippen molar-refractivity contribution in [3.8, 4) is 5.75 Å². The quantitative estimate of drug-likeness (QED) is 0.753. The molecule has 0 radical (unpaired) electrons. The molecule has 138 valence electrons. The van der Waals surface area contributed by atoms with Crippen LogP contribution in [0.4, 0.5) is 5.69 Å².